The third-order valence-corrected chi connectivity index (χ3v) is 4.57. The van der Waals surface area contributed by atoms with E-state index in [2.05, 4.69) is 31.2 Å². The van der Waals surface area contributed by atoms with E-state index in [0.717, 1.165) is 12.8 Å². The van der Waals surface area contributed by atoms with E-state index in [9.17, 15) is 5.11 Å². The van der Waals surface area contributed by atoms with Crippen LogP contribution in [-0.2, 0) is 12.8 Å². The van der Waals surface area contributed by atoms with Crippen molar-refractivity contribution in [1.29, 1.82) is 0 Å². The van der Waals surface area contributed by atoms with Gasteiger partial charge in [0.15, 0.2) is 0 Å². The van der Waals surface area contributed by atoms with E-state index >= 15 is 0 Å². The highest BCUT2D eigenvalue weighted by Gasteiger charge is 2.20. The minimum Gasteiger partial charge on any atom is -0.392 e. The first-order valence-corrected chi connectivity index (χ1v) is 8.05. The molecule has 0 aliphatic heterocycles. The molecule has 0 saturated heterocycles. The van der Waals surface area contributed by atoms with Crippen LogP contribution < -0.4 is 0 Å². The molecule has 1 nitrogen and oxygen atoms in total. The maximum Gasteiger partial charge on any atom is 0.0608 e. The van der Waals surface area contributed by atoms with E-state index in [1.165, 1.54) is 56.1 Å². The molecule has 0 amide bonds. The van der Waals surface area contributed by atoms with Gasteiger partial charge in [0.25, 0.3) is 0 Å². The van der Waals surface area contributed by atoms with E-state index in [1.807, 2.05) is 0 Å². The van der Waals surface area contributed by atoms with Crippen molar-refractivity contribution < 1.29 is 5.11 Å². The van der Waals surface area contributed by atoms with Gasteiger partial charge in [-0.1, -0.05) is 63.3 Å². The van der Waals surface area contributed by atoms with Crippen LogP contribution >= 0.6 is 0 Å². The zero-order valence-corrected chi connectivity index (χ0v) is 12.3. The molecule has 1 saturated carbocycles. The van der Waals surface area contributed by atoms with Gasteiger partial charge in [0.1, 0.15) is 0 Å². The Hall–Kier alpha value is -0.820. The van der Waals surface area contributed by atoms with Crippen LogP contribution in [0.2, 0.25) is 0 Å². The Morgan fingerprint density at radius 2 is 1.47 bits per heavy atom. The average Bonchev–Trinajstić information content (AvgIpc) is 2.39. The molecule has 1 aromatic rings. The summed E-state index contributed by atoms with van der Waals surface area (Å²) in [6.07, 6.45) is 10.9. The molecule has 0 aromatic heterocycles. The maximum atomic E-state index is 10.5. The van der Waals surface area contributed by atoms with Crippen molar-refractivity contribution in [3.8, 4) is 0 Å². The first-order chi connectivity index (χ1) is 9.29. The standard InChI is InChI=1S/C18H28O/c1-2-15-10-12-16(13-11-15)14-18(19)17-8-6-4-3-5-7-9-17/h10-13,17-19H,2-9,14H2,1H3. The number of aryl methyl sites for hydroxylation is 1. The summed E-state index contributed by atoms with van der Waals surface area (Å²) in [7, 11) is 0. The summed E-state index contributed by atoms with van der Waals surface area (Å²) in [6, 6.07) is 8.76. The average molecular weight is 260 g/mol. The van der Waals surface area contributed by atoms with Gasteiger partial charge in [0, 0.05) is 0 Å². The predicted molar refractivity (Wildman–Crippen MR) is 81.3 cm³/mol. The van der Waals surface area contributed by atoms with Crippen LogP contribution in [0.5, 0.6) is 0 Å². The number of aliphatic hydroxyl groups is 1. The normalized spacial score (nSPS) is 19.7. The second kappa shape index (κ2) is 7.69. The van der Waals surface area contributed by atoms with Crippen LogP contribution in [0.4, 0.5) is 0 Å². The fourth-order valence-electron chi connectivity index (χ4n) is 3.19. The summed E-state index contributed by atoms with van der Waals surface area (Å²) >= 11 is 0. The van der Waals surface area contributed by atoms with Gasteiger partial charge in [0.2, 0.25) is 0 Å². The molecule has 0 radical (unpaired) electrons. The van der Waals surface area contributed by atoms with Crippen molar-refractivity contribution in [3.63, 3.8) is 0 Å². The van der Waals surface area contributed by atoms with Gasteiger partial charge < -0.3 is 5.11 Å². The Morgan fingerprint density at radius 3 is 2.05 bits per heavy atom. The quantitative estimate of drug-likeness (QED) is 0.844. The third kappa shape index (κ3) is 4.65. The highest BCUT2D eigenvalue weighted by molar-refractivity contribution is 5.23. The molecule has 0 spiro atoms. The highest BCUT2D eigenvalue weighted by atomic mass is 16.3. The molecule has 1 unspecified atom stereocenters. The molecule has 1 aromatic carbocycles. The second-order valence-electron chi connectivity index (χ2n) is 6.05. The Kier molecular flexibility index (Phi) is 5.91. The number of rotatable bonds is 4. The minimum absolute atomic E-state index is 0.148. The third-order valence-electron chi connectivity index (χ3n) is 4.57. The smallest absolute Gasteiger partial charge is 0.0608 e. The van der Waals surface area contributed by atoms with E-state index < -0.39 is 0 Å². The topological polar surface area (TPSA) is 20.2 Å². The first-order valence-electron chi connectivity index (χ1n) is 8.05. The molecule has 0 bridgehead atoms. The molecule has 106 valence electrons. The van der Waals surface area contributed by atoms with Crippen molar-refractivity contribution >= 4 is 0 Å². The predicted octanol–water partition coefficient (Wildman–Crippen LogP) is 4.51. The zero-order chi connectivity index (χ0) is 13.5. The van der Waals surface area contributed by atoms with Gasteiger partial charge in [-0.3, -0.25) is 0 Å². The lowest BCUT2D eigenvalue weighted by molar-refractivity contribution is 0.0913. The lowest BCUT2D eigenvalue weighted by Gasteiger charge is -2.25. The Balaban J connectivity index is 1.88. The summed E-state index contributed by atoms with van der Waals surface area (Å²) < 4.78 is 0. The van der Waals surface area contributed by atoms with Crippen LogP contribution in [0.25, 0.3) is 0 Å². The molecule has 2 rings (SSSR count). The number of hydrogen-bond acceptors (Lipinski definition) is 1. The molecular formula is C18H28O. The van der Waals surface area contributed by atoms with Crippen LogP contribution in [0.1, 0.15) is 63.0 Å². The largest absolute Gasteiger partial charge is 0.392 e. The van der Waals surface area contributed by atoms with Gasteiger partial charge in [-0.05, 0) is 42.7 Å². The van der Waals surface area contributed by atoms with E-state index in [4.69, 9.17) is 0 Å². The van der Waals surface area contributed by atoms with Crippen LogP contribution in [0, 0.1) is 5.92 Å². The van der Waals surface area contributed by atoms with E-state index in [0.29, 0.717) is 5.92 Å². The molecule has 1 fully saturated rings. The molecule has 1 heteroatoms. The number of hydrogen-bond donors (Lipinski definition) is 1. The molecular weight excluding hydrogens is 232 g/mol. The van der Waals surface area contributed by atoms with Crippen LogP contribution in [0.3, 0.4) is 0 Å². The van der Waals surface area contributed by atoms with Crippen molar-refractivity contribution in [1.82, 2.24) is 0 Å². The monoisotopic (exact) mass is 260 g/mol. The van der Waals surface area contributed by atoms with Crippen LogP contribution in [-0.4, -0.2) is 11.2 Å². The fraction of sp³-hybridized carbons (Fsp3) is 0.667. The van der Waals surface area contributed by atoms with Crippen molar-refractivity contribution in [2.45, 2.75) is 70.8 Å². The second-order valence-corrected chi connectivity index (χ2v) is 6.05. The van der Waals surface area contributed by atoms with Gasteiger partial charge in [-0.25, -0.2) is 0 Å². The lowest BCUT2D eigenvalue weighted by Crippen LogP contribution is -2.23. The lowest BCUT2D eigenvalue weighted by atomic mass is 9.85. The fourth-order valence-corrected chi connectivity index (χ4v) is 3.19. The number of benzene rings is 1. The van der Waals surface area contributed by atoms with Crippen molar-refractivity contribution in [3.05, 3.63) is 35.4 Å². The summed E-state index contributed by atoms with van der Waals surface area (Å²) in [6.45, 7) is 2.18. The zero-order valence-electron chi connectivity index (χ0n) is 12.3. The summed E-state index contributed by atoms with van der Waals surface area (Å²) in [5, 5.41) is 10.5. The van der Waals surface area contributed by atoms with Gasteiger partial charge in [0.05, 0.1) is 6.10 Å². The SMILES string of the molecule is CCc1ccc(CC(O)C2CCCCCCC2)cc1. The molecule has 19 heavy (non-hydrogen) atoms. The summed E-state index contributed by atoms with van der Waals surface area (Å²) in [4.78, 5) is 0. The molecule has 0 heterocycles. The molecule has 1 aliphatic carbocycles. The van der Waals surface area contributed by atoms with E-state index in [1.54, 1.807) is 0 Å². The van der Waals surface area contributed by atoms with Gasteiger partial charge in [-0.15, -0.1) is 0 Å². The van der Waals surface area contributed by atoms with Gasteiger partial charge in [-0.2, -0.15) is 0 Å². The molecule has 1 aliphatic rings. The minimum atomic E-state index is -0.148. The number of aliphatic hydroxyl groups excluding tert-OH is 1. The van der Waals surface area contributed by atoms with Crippen molar-refractivity contribution in [2.75, 3.05) is 0 Å². The van der Waals surface area contributed by atoms with Gasteiger partial charge >= 0.3 is 0 Å². The van der Waals surface area contributed by atoms with Crippen molar-refractivity contribution in [2.24, 2.45) is 5.92 Å². The molecule has 1 atom stereocenters. The van der Waals surface area contributed by atoms with E-state index in [-0.39, 0.29) is 6.10 Å². The Morgan fingerprint density at radius 1 is 0.947 bits per heavy atom. The summed E-state index contributed by atoms with van der Waals surface area (Å²) in [5.41, 5.74) is 2.66. The molecule has 1 N–H and O–H groups in total. The Bertz CT molecular complexity index is 346. The highest BCUT2D eigenvalue weighted by Crippen LogP contribution is 2.26. The Labute approximate surface area is 118 Å². The first kappa shape index (κ1) is 14.6. The maximum absolute atomic E-state index is 10.5. The van der Waals surface area contributed by atoms with Crippen LogP contribution in [0.15, 0.2) is 24.3 Å². The summed E-state index contributed by atoms with van der Waals surface area (Å²) in [5.74, 6) is 0.520.